The molecule has 2 aromatic carbocycles. The Balaban J connectivity index is 2.53. The van der Waals surface area contributed by atoms with Gasteiger partial charge in [-0.2, -0.15) is 0 Å². The van der Waals surface area contributed by atoms with E-state index < -0.39 is 23.1 Å². The molecule has 6 heteroatoms. The molecule has 2 unspecified atom stereocenters. The Morgan fingerprint density at radius 2 is 1.03 bits per heavy atom. The highest BCUT2D eigenvalue weighted by atomic mass is 16.6. The van der Waals surface area contributed by atoms with Crippen LogP contribution in [0.5, 0.6) is 0 Å². The fourth-order valence-electron chi connectivity index (χ4n) is 3.47. The molecule has 182 valence electrons. The van der Waals surface area contributed by atoms with E-state index >= 15 is 0 Å². The molecule has 2 atom stereocenters. The molecular formula is C28H34O6. The minimum atomic E-state index is -2.77. The second-order valence-electron chi connectivity index (χ2n) is 7.87. The second-order valence-corrected chi connectivity index (χ2v) is 7.87. The Kier molecular flexibility index (Phi) is 10.7. The van der Waals surface area contributed by atoms with Crippen LogP contribution in [0.25, 0.3) is 0 Å². The number of esters is 2. The third-order valence-electron chi connectivity index (χ3n) is 5.36. The van der Waals surface area contributed by atoms with Gasteiger partial charge in [-0.15, -0.1) is 0 Å². The van der Waals surface area contributed by atoms with Gasteiger partial charge in [0.2, 0.25) is 11.2 Å². The van der Waals surface area contributed by atoms with Crippen LogP contribution in [0.1, 0.15) is 50.7 Å². The number of ether oxygens (including phenoxy) is 2. The van der Waals surface area contributed by atoms with E-state index in [1.54, 1.807) is 48.6 Å². The Bertz CT molecular complexity index is 874. The highest BCUT2D eigenvalue weighted by Crippen LogP contribution is 2.43. The van der Waals surface area contributed by atoms with Crippen molar-refractivity contribution in [2.75, 3.05) is 13.2 Å². The minimum Gasteiger partial charge on any atom is -0.459 e. The smallest absolute Gasteiger partial charge is 0.347 e. The van der Waals surface area contributed by atoms with Crippen LogP contribution >= 0.6 is 0 Å². The maximum Gasteiger partial charge on any atom is 0.347 e. The van der Waals surface area contributed by atoms with Crippen molar-refractivity contribution in [1.82, 2.24) is 0 Å². The van der Waals surface area contributed by atoms with Gasteiger partial charge in [-0.3, -0.25) is 0 Å². The average molecular weight is 467 g/mol. The maximum atomic E-state index is 13.3. The van der Waals surface area contributed by atoms with E-state index in [1.807, 2.05) is 26.0 Å². The van der Waals surface area contributed by atoms with Crippen LogP contribution in [0.3, 0.4) is 0 Å². The summed E-state index contributed by atoms with van der Waals surface area (Å²) in [6.07, 6.45) is 10.5. The van der Waals surface area contributed by atoms with E-state index in [1.165, 1.54) is 24.3 Å². The first-order valence-corrected chi connectivity index (χ1v) is 11.6. The molecule has 0 aliphatic heterocycles. The number of carbonyl (C=O) groups excluding carboxylic acids is 2. The van der Waals surface area contributed by atoms with E-state index in [0.717, 1.165) is 25.7 Å². The molecule has 0 aromatic heterocycles. The molecule has 0 saturated heterocycles. The third kappa shape index (κ3) is 6.22. The van der Waals surface area contributed by atoms with E-state index in [9.17, 15) is 19.8 Å². The van der Waals surface area contributed by atoms with E-state index in [-0.39, 0.29) is 24.3 Å². The van der Waals surface area contributed by atoms with Crippen molar-refractivity contribution in [2.24, 2.45) is 0 Å². The first-order chi connectivity index (χ1) is 16.4. The Labute approximate surface area is 201 Å². The van der Waals surface area contributed by atoms with Gasteiger partial charge < -0.3 is 19.7 Å². The maximum absolute atomic E-state index is 13.3. The predicted octanol–water partition coefficient (Wildman–Crippen LogP) is 4.56. The van der Waals surface area contributed by atoms with E-state index in [0.29, 0.717) is 0 Å². The molecule has 0 aliphatic rings. The van der Waals surface area contributed by atoms with Gasteiger partial charge in [0.1, 0.15) is 13.2 Å². The number of carbonyl (C=O) groups is 2. The molecule has 2 rings (SSSR count). The molecule has 0 amide bonds. The molecule has 0 saturated carbocycles. The van der Waals surface area contributed by atoms with Crippen LogP contribution in [0, 0.1) is 0 Å². The lowest BCUT2D eigenvalue weighted by atomic mass is 9.73. The topological polar surface area (TPSA) is 93.1 Å². The highest BCUT2D eigenvalue weighted by Gasteiger charge is 2.64. The molecule has 0 aliphatic carbocycles. The summed E-state index contributed by atoms with van der Waals surface area (Å²) in [6.45, 7) is 3.81. The molecule has 2 N–H and O–H groups in total. The molecule has 0 heterocycles. The van der Waals surface area contributed by atoms with Gasteiger partial charge in [0.15, 0.2) is 0 Å². The van der Waals surface area contributed by atoms with Crippen molar-refractivity contribution in [3.05, 3.63) is 96.1 Å². The molecule has 2 aromatic rings. The van der Waals surface area contributed by atoms with Crippen LogP contribution in [0.2, 0.25) is 0 Å². The normalized spacial score (nSPS) is 15.1. The monoisotopic (exact) mass is 466 g/mol. The summed E-state index contributed by atoms with van der Waals surface area (Å²) in [5.41, 5.74) is -5.53. The predicted molar refractivity (Wildman–Crippen MR) is 131 cm³/mol. The summed E-state index contributed by atoms with van der Waals surface area (Å²) in [6, 6.07) is 15.6. The fourth-order valence-corrected chi connectivity index (χ4v) is 3.47. The van der Waals surface area contributed by atoms with E-state index in [4.69, 9.17) is 9.47 Å². The largest absolute Gasteiger partial charge is 0.459 e. The summed E-state index contributed by atoms with van der Waals surface area (Å²) in [7, 11) is 0. The van der Waals surface area contributed by atoms with Gasteiger partial charge in [0, 0.05) is 0 Å². The SMILES string of the molecule is CCC/C=C\COC(=O)C(O)(c1ccccc1)C(O)(C(=O)OC/C=C\CCC)c1ccccc1. The quantitative estimate of drug-likeness (QED) is 0.332. The summed E-state index contributed by atoms with van der Waals surface area (Å²) in [5, 5.41) is 23.7. The average Bonchev–Trinajstić information content (AvgIpc) is 2.88. The lowest BCUT2D eigenvalue weighted by Gasteiger charge is -2.39. The first-order valence-electron chi connectivity index (χ1n) is 11.6. The lowest BCUT2D eigenvalue weighted by molar-refractivity contribution is -0.218. The highest BCUT2D eigenvalue weighted by molar-refractivity contribution is 5.94. The number of aliphatic hydroxyl groups is 2. The van der Waals surface area contributed by atoms with Crippen LogP contribution in [-0.2, 0) is 30.3 Å². The van der Waals surface area contributed by atoms with Crippen molar-refractivity contribution >= 4 is 11.9 Å². The number of hydrogen-bond acceptors (Lipinski definition) is 6. The van der Waals surface area contributed by atoms with Gasteiger partial charge in [0.25, 0.3) is 0 Å². The van der Waals surface area contributed by atoms with Crippen molar-refractivity contribution in [1.29, 1.82) is 0 Å². The number of allylic oxidation sites excluding steroid dienone is 2. The van der Waals surface area contributed by atoms with Crippen LogP contribution in [0.4, 0.5) is 0 Å². The zero-order valence-electron chi connectivity index (χ0n) is 19.9. The van der Waals surface area contributed by atoms with E-state index in [2.05, 4.69) is 0 Å². The van der Waals surface area contributed by atoms with Crippen molar-refractivity contribution < 1.29 is 29.3 Å². The van der Waals surface area contributed by atoms with Gasteiger partial charge in [0.05, 0.1) is 0 Å². The summed E-state index contributed by atoms with van der Waals surface area (Å²) >= 11 is 0. The zero-order chi connectivity index (χ0) is 24.9. The lowest BCUT2D eigenvalue weighted by Crippen LogP contribution is -2.60. The molecule has 0 bridgehead atoms. The van der Waals surface area contributed by atoms with Crippen molar-refractivity contribution in [3.63, 3.8) is 0 Å². The van der Waals surface area contributed by atoms with Gasteiger partial charge >= 0.3 is 11.9 Å². The van der Waals surface area contributed by atoms with Gasteiger partial charge in [-0.25, -0.2) is 9.59 Å². The molecule has 34 heavy (non-hydrogen) atoms. The molecule has 0 fully saturated rings. The molecule has 0 spiro atoms. The van der Waals surface area contributed by atoms with Crippen LogP contribution in [-0.4, -0.2) is 35.4 Å². The summed E-state index contributed by atoms with van der Waals surface area (Å²) < 4.78 is 10.7. The Morgan fingerprint density at radius 1 is 0.676 bits per heavy atom. The fraction of sp³-hybridized carbons (Fsp3) is 0.357. The number of unbranched alkanes of at least 4 members (excludes halogenated alkanes) is 2. The van der Waals surface area contributed by atoms with Crippen LogP contribution in [0.15, 0.2) is 85.0 Å². The van der Waals surface area contributed by atoms with Crippen molar-refractivity contribution in [3.8, 4) is 0 Å². The molecule has 6 nitrogen and oxygen atoms in total. The summed E-state index contributed by atoms with van der Waals surface area (Å²) in [4.78, 5) is 26.7. The minimum absolute atomic E-state index is 0.00219. The zero-order valence-corrected chi connectivity index (χ0v) is 19.9. The van der Waals surface area contributed by atoms with Crippen molar-refractivity contribution in [2.45, 2.75) is 50.7 Å². The van der Waals surface area contributed by atoms with Crippen LogP contribution < -0.4 is 0 Å². The number of hydrogen-bond donors (Lipinski definition) is 2. The third-order valence-corrected chi connectivity index (χ3v) is 5.36. The molecule has 0 radical (unpaired) electrons. The first kappa shape index (κ1) is 27.0. The van der Waals surface area contributed by atoms with Gasteiger partial charge in [-0.1, -0.05) is 112 Å². The number of benzene rings is 2. The van der Waals surface area contributed by atoms with Gasteiger partial charge in [-0.05, 0) is 24.0 Å². The standard InChI is InChI=1S/C28H34O6/c1-3-5-7-15-21-33-25(29)27(31,23-17-11-9-12-18-23)28(32,24-19-13-10-14-20-24)26(30)34-22-16-8-6-4-2/h7-20,31-32H,3-6,21-22H2,1-2H3/b15-7-,16-8-. The Hall–Kier alpha value is -3.22. The summed E-state index contributed by atoms with van der Waals surface area (Å²) in [5.74, 6) is -2.32. The number of rotatable bonds is 13. The Morgan fingerprint density at radius 3 is 1.35 bits per heavy atom. The second kappa shape index (κ2) is 13.5. The molecular weight excluding hydrogens is 432 g/mol.